The summed E-state index contributed by atoms with van der Waals surface area (Å²) in [6.07, 6.45) is 3.09. The maximum Gasteiger partial charge on any atom is 0.165 e. The molecule has 0 spiro atoms. The lowest BCUT2D eigenvalue weighted by atomic mass is 10.3. The van der Waals surface area contributed by atoms with E-state index in [0.717, 1.165) is 0 Å². The zero-order valence-electron chi connectivity index (χ0n) is 6.23. The summed E-state index contributed by atoms with van der Waals surface area (Å²) in [5, 5.41) is 1.34. The molecule has 0 aromatic heterocycles. The van der Waals surface area contributed by atoms with Crippen molar-refractivity contribution in [3.63, 3.8) is 0 Å². The third kappa shape index (κ3) is 1.49. The minimum atomic E-state index is 0.625. The third-order valence-corrected chi connectivity index (χ3v) is 1.28. The van der Waals surface area contributed by atoms with Crippen LogP contribution in [0.3, 0.4) is 0 Å². The lowest BCUT2D eigenvalue weighted by Crippen LogP contribution is -2.30. The van der Waals surface area contributed by atoms with Gasteiger partial charge in [-0.2, -0.15) is 0 Å². The van der Waals surface area contributed by atoms with Gasteiger partial charge in [0, 0.05) is 6.07 Å². The Kier molecular flexibility index (Phi) is 1.83. The van der Waals surface area contributed by atoms with Gasteiger partial charge < -0.3 is 9.68 Å². The second-order valence-electron chi connectivity index (χ2n) is 2.14. The number of benzene rings is 1. The number of hydrogen-bond acceptors (Lipinski definition) is 4. The summed E-state index contributed by atoms with van der Waals surface area (Å²) in [6.45, 7) is 0. The van der Waals surface area contributed by atoms with Crippen molar-refractivity contribution in [1.29, 1.82) is 0 Å². The summed E-state index contributed by atoms with van der Waals surface area (Å²) < 4.78 is 0. The number of rotatable bonds is 2. The van der Waals surface area contributed by atoms with Crippen LogP contribution in [0.2, 0.25) is 0 Å². The van der Waals surface area contributed by atoms with Crippen molar-refractivity contribution in [2.24, 2.45) is 0 Å². The molecule has 0 saturated heterocycles. The average molecular weight is 163 g/mol. The molecule has 4 nitrogen and oxygen atoms in total. The molecule has 0 atom stereocenters. The molecule has 1 aliphatic heterocycles. The van der Waals surface area contributed by atoms with Crippen LogP contribution < -0.4 is 10.4 Å². The topological polar surface area (TPSA) is 33.7 Å². The number of nitrogens with one attached hydrogen (secondary N) is 1. The Labute approximate surface area is 69.9 Å². The lowest BCUT2D eigenvalue weighted by Gasteiger charge is -2.13. The number of hydroxylamine groups is 1. The molecule has 0 bridgehead atoms. The fourth-order valence-corrected chi connectivity index (χ4v) is 0.787. The highest BCUT2D eigenvalue weighted by Crippen LogP contribution is 2.09. The molecule has 1 aromatic rings. The molecule has 61 valence electrons. The van der Waals surface area contributed by atoms with Gasteiger partial charge in [0.25, 0.3) is 0 Å². The molecule has 1 heterocycles. The van der Waals surface area contributed by atoms with Crippen LogP contribution in [-0.4, -0.2) is 5.17 Å². The van der Waals surface area contributed by atoms with Gasteiger partial charge in [-0.3, -0.25) is 0 Å². The molecule has 0 fully saturated rings. The standard InChI is InChI=1S/C8H7N2O2/c1-2-4-8(5-3-1)12-10-6-7-11-9-10/h1-4,6-7,9H. The van der Waals surface area contributed by atoms with Crippen molar-refractivity contribution in [1.82, 2.24) is 10.8 Å². The summed E-state index contributed by atoms with van der Waals surface area (Å²) >= 11 is 0. The van der Waals surface area contributed by atoms with Crippen molar-refractivity contribution in [2.75, 3.05) is 0 Å². The molecule has 0 saturated carbocycles. The first-order valence-corrected chi connectivity index (χ1v) is 3.47. The van der Waals surface area contributed by atoms with E-state index in [0.29, 0.717) is 5.75 Å². The van der Waals surface area contributed by atoms with E-state index in [1.165, 1.54) is 11.4 Å². The van der Waals surface area contributed by atoms with Crippen molar-refractivity contribution in [2.45, 2.75) is 0 Å². The predicted octanol–water partition coefficient (Wildman–Crippen LogP) is 1.00. The van der Waals surface area contributed by atoms with Crippen LogP contribution in [0.5, 0.6) is 5.75 Å². The molecule has 12 heavy (non-hydrogen) atoms. The molecule has 0 unspecified atom stereocenters. The Hall–Kier alpha value is -1.68. The van der Waals surface area contributed by atoms with Crippen molar-refractivity contribution >= 4 is 0 Å². The summed E-state index contributed by atoms with van der Waals surface area (Å²) in [5.41, 5.74) is 2.49. The maximum atomic E-state index is 5.23. The summed E-state index contributed by atoms with van der Waals surface area (Å²) in [6, 6.07) is 10.2. The van der Waals surface area contributed by atoms with Crippen LogP contribution in [0.1, 0.15) is 0 Å². The Morgan fingerprint density at radius 2 is 2.50 bits per heavy atom. The molecule has 1 N–H and O–H groups in total. The van der Waals surface area contributed by atoms with Crippen LogP contribution in [0.4, 0.5) is 0 Å². The van der Waals surface area contributed by atoms with Gasteiger partial charge in [-0.1, -0.05) is 18.2 Å². The zero-order valence-corrected chi connectivity index (χ0v) is 6.23. The summed E-state index contributed by atoms with van der Waals surface area (Å²) in [4.78, 5) is 9.92. The van der Waals surface area contributed by atoms with Crippen LogP contribution in [0.15, 0.2) is 36.7 Å². The summed E-state index contributed by atoms with van der Waals surface area (Å²) in [5.74, 6) is 0.625. The second kappa shape index (κ2) is 3.15. The Balaban J connectivity index is 1.99. The first-order valence-electron chi connectivity index (χ1n) is 3.47. The van der Waals surface area contributed by atoms with Gasteiger partial charge in [0.05, 0.1) is 6.20 Å². The third-order valence-electron chi connectivity index (χ3n) is 1.28. The highest BCUT2D eigenvalue weighted by Gasteiger charge is 2.05. The molecular formula is C8H7N2O2. The first-order chi connectivity index (χ1) is 5.95. The van der Waals surface area contributed by atoms with E-state index in [4.69, 9.17) is 4.84 Å². The number of hydrazine groups is 1. The minimum Gasteiger partial charge on any atom is -0.392 e. The smallest absolute Gasteiger partial charge is 0.165 e. The molecule has 1 aromatic carbocycles. The highest BCUT2D eigenvalue weighted by molar-refractivity contribution is 5.18. The normalized spacial score (nSPS) is 14.5. The van der Waals surface area contributed by atoms with E-state index < -0.39 is 0 Å². The number of nitrogens with zero attached hydrogens (tertiary/aromatic N) is 1. The molecular weight excluding hydrogens is 156 g/mol. The SMILES string of the molecule is [c]1ccccc1ON1C=CON1. The van der Waals surface area contributed by atoms with Gasteiger partial charge in [0.15, 0.2) is 5.75 Å². The molecule has 1 radical (unpaired) electrons. The van der Waals surface area contributed by atoms with Crippen molar-refractivity contribution in [3.8, 4) is 5.75 Å². The largest absolute Gasteiger partial charge is 0.392 e. The average Bonchev–Trinajstić information content (AvgIpc) is 2.59. The predicted molar refractivity (Wildman–Crippen MR) is 41.1 cm³/mol. The van der Waals surface area contributed by atoms with Gasteiger partial charge >= 0.3 is 0 Å². The van der Waals surface area contributed by atoms with Crippen LogP contribution in [0, 0.1) is 6.07 Å². The maximum absolute atomic E-state index is 5.23. The van der Waals surface area contributed by atoms with Crippen LogP contribution in [0.25, 0.3) is 0 Å². The van der Waals surface area contributed by atoms with E-state index in [2.05, 4.69) is 16.5 Å². The molecule has 1 aliphatic rings. The van der Waals surface area contributed by atoms with E-state index in [-0.39, 0.29) is 0 Å². The second-order valence-corrected chi connectivity index (χ2v) is 2.14. The molecule has 0 aliphatic carbocycles. The monoisotopic (exact) mass is 163 g/mol. The first kappa shape index (κ1) is 7.00. The van der Waals surface area contributed by atoms with Crippen LogP contribution >= 0.6 is 0 Å². The van der Waals surface area contributed by atoms with E-state index in [9.17, 15) is 0 Å². The fraction of sp³-hybridized carbons (Fsp3) is 0. The van der Waals surface area contributed by atoms with Gasteiger partial charge in [-0.15, -0.1) is 5.17 Å². The minimum absolute atomic E-state index is 0.625. The van der Waals surface area contributed by atoms with Gasteiger partial charge in [0.1, 0.15) is 6.26 Å². The van der Waals surface area contributed by atoms with E-state index in [1.54, 1.807) is 18.3 Å². The van der Waals surface area contributed by atoms with Crippen molar-refractivity contribution in [3.05, 3.63) is 42.8 Å². The molecule has 2 rings (SSSR count). The molecule has 0 amide bonds. The van der Waals surface area contributed by atoms with Gasteiger partial charge in [0.2, 0.25) is 0 Å². The molecule has 4 heteroatoms. The summed E-state index contributed by atoms with van der Waals surface area (Å²) in [7, 11) is 0. The van der Waals surface area contributed by atoms with Gasteiger partial charge in [-0.25, -0.2) is 0 Å². The lowest BCUT2D eigenvalue weighted by molar-refractivity contribution is -0.132. The van der Waals surface area contributed by atoms with Crippen molar-refractivity contribution < 1.29 is 9.68 Å². The Bertz CT molecular complexity index is 274. The Morgan fingerprint density at radius 3 is 3.17 bits per heavy atom. The quantitative estimate of drug-likeness (QED) is 0.705. The Morgan fingerprint density at radius 1 is 1.50 bits per heavy atom. The van der Waals surface area contributed by atoms with E-state index >= 15 is 0 Å². The van der Waals surface area contributed by atoms with Crippen LogP contribution in [-0.2, 0) is 4.84 Å². The highest BCUT2D eigenvalue weighted by atomic mass is 16.8. The number of para-hydroxylation sites is 1. The van der Waals surface area contributed by atoms with E-state index in [1.807, 2.05) is 12.1 Å². The number of hydrogen-bond donors (Lipinski definition) is 1. The zero-order chi connectivity index (χ0) is 8.23. The van der Waals surface area contributed by atoms with Gasteiger partial charge in [-0.05, 0) is 11.7 Å². The fourth-order valence-electron chi connectivity index (χ4n) is 0.787.